The van der Waals surface area contributed by atoms with E-state index in [-0.39, 0.29) is 11.6 Å². The Morgan fingerprint density at radius 2 is 2.11 bits per heavy atom. The van der Waals surface area contributed by atoms with Crippen LogP contribution in [-0.4, -0.2) is 52.5 Å². The lowest BCUT2D eigenvalue weighted by molar-refractivity contribution is 0.00844. The predicted octanol–water partition coefficient (Wildman–Crippen LogP) is 0.767. The first kappa shape index (κ1) is 12.3. The molecule has 0 aromatic carbocycles. The van der Waals surface area contributed by atoms with Crippen molar-refractivity contribution in [2.24, 2.45) is 0 Å². The average molecular weight is 313 g/mol. The number of nitrogens with zero attached hydrogens (tertiary/aromatic N) is 3. The van der Waals surface area contributed by atoms with Crippen LogP contribution in [0.25, 0.3) is 0 Å². The van der Waals surface area contributed by atoms with Crippen LogP contribution in [0.15, 0.2) is 9.27 Å². The van der Waals surface area contributed by atoms with Crippen LogP contribution in [0.2, 0.25) is 0 Å². The van der Waals surface area contributed by atoms with E-state index in [0.717, 1.165) is 50.7 Å². The third-order valence-electron chi connectivity index (χ3n) is 3.88. The van der Waals surface area contributed by atoms with Crippen LogP contribution in [0, 0.1) is 0 Å². The molecule has 0 saturated carbocycles. The summed E-state index contributed by atoms with van der Waals surface area (Å²) < 4.78 is 0.574. The van der Waals surface area contributed by atoms with Gasteiger partial charge in [-0.2, -0.15) is 0 Å². The minimum Gasteiger partial charge on any atom is -0.308 e. The lowest BCUT2D eigenvalue weighted by Crippen LogP contribution is -2.57. The van der Waals surface area contributed by atoms with E-state index in [9.17, 15) is 4.79 Å². The van der Waals surface area contributed by atoms with Gasteiger partial charge in [0.2, 0.25) is 0 Å². The van der Waals surface area contributed by atoms with Gasteiger partial charge in [0, 0.05) is 32.7 Å². The molecule has 1 N–H and O–H groups in total. The van der Waals surface area contributed by atoms with E-state index in [1.165, 1.54) is 0 Å². The molecule has 1 atom stereocenters. The van der Waals surface area contributed by atoms with E-state index in [1.807, 2.05) is 6.92 Å². The number of hydrogen-bond donors (Lipinski definition) is 1. The molecule has 2 bridgehead atoms. The summed E-state index contributed by atoms with van der Waals surface area (Å²) in [5.41, 5.74) is 0.792. The van der Waals surface area contributed by atoms with Crippen LogP contribution in [0.3, 0.4) is 0 Å². The molecule has 3 aliphatic rings. The SMILES string of the molecule is CCc1nc(C2CN3CCN2CC3)[nH]c(=O)c1Br. The first-order valence-electron chi connectivity index (χ1n) is 6.44. The average Bonchev–Trinajstić information content (AvgIpc) is 2.43. The van der Waals surface area contributed by atoms with E-state index in [1.54, 1.807) is 0 Å². The highest BCUT2D eigenvalue weighted by atomic mass is 79.9. The fourth-order valence-electron chi connectivity index (χ4n) is 2.79. The maximum Gasteiger partial charge on any atom is 0.265 e. The van der Waals surface area contributed by atoms with Crippen LogP contribution >= 0.6 is 15.9 Å². The fourth-order valence-corrected chi connectivity index (χ4v) is 3.26. The van der Waals surface area contributed by atoms with Gasteiger partial charge in [0.1, 0.15) is 10.3 Å². The molecule has 1 unspecified atom stereocenters. The second-order valence-corrected chi connectivity index (χ2v) is 5.71. The zero-order valence-corrected chi connectivity index (χ0v) is 12.0. The van der Waals surface area contributed by atoms with Crippen molar-refractivity contribution in [2.45, 2.75) is 19.4 Å². The molecule has 5 nitrogen and oxygen atoms in total. The molecule has 0 radical (unpaired) electrons. The normalized spacial score (nSPS) is 30.7. The minimum absolute atomic E-state index is 0.0607. The number of hydrogen-bond acceptors (Lipinski definition) is 4. The number of aromatic amines is 1. The molecule has 1 aromatic heterocycles. The van der Waals surface area contributed by atoms with E-state index in [4.69, 9.17) is 0 Å². The quantitative estimate of drug-likeness (QED) is 0.876. The number of halogens is 1. The maximum atomic E-state index is 11.9. The number of aromatic nitrogens is 2. The molecule has 0 amide bonds. The Bertz CT molecular complexity index is 507. The fraction of sp³-hybridized carbons (Fsp3) is 0.667. The first-order valence-corrected chi connectivity index (χ1v) is 7.23. The Morgan fingerprint density at radius 3 is 2.67 bits per heavy atom. The summed E-state index contributed by atoms with van der Waals surface area (Å²) >= 11 is 3.31. The van der Waals surface area contributed by atoms with E-state index >= 15 is 0 Å². The number of H-pyrrole nitrogens is 1. The number of nitrogens with one attached hydrogen (secondary N) is 1. The summed E-state index contributed by atoms with van der Waals surface area (Å²) in [5.74, 6) is 0.824. The highest BCUT2D eigenvalue weighted by Crippen LogP contribution is 2.26. The molecule has 3 saturated heterocycles. The largest absolute Gasteiger partial charge is 0.308 e. The van der Waals surface area contributed by atoms with Crippen LogP contribution in [-0.2, 0) is 6.42 Å². The summed E-state index contributed by atoms with van der Waals surface area (Å²) in [5, 5.41) is 0. The lowest BCUT2D eigenvalue weighted by atomic mass is 10.1. The lowest BCUT2D eigenvalue weighted by Gasteiger charge is -2.46. The highest BCUT2D eigenvalue weighted by Gasteiger charge is 2.34. The van der Waals surface area contributed by atoms with Crippen molar-refractivity contribution in [1.82, 2.24) is 19.8 Å². The zero-order chi connectivity index (χ0) is 12.7. The first-order chi connectivity index (χ1) is 8.69. The zero-order valence-electron chi connectivity index (χ0n) is 10.4. The predicted molar refractivity (Wildman–Crippen MR) is 72.7 cm³/mol. The molecule has 3 fully saturated rings. The number of fused-ring (bicyclic) bond motifs is 3. The number of rotatable bonds is 2. The molecule has 6 heteroatoms. The molecule has 98 valence electrons. The summed E-state index contributed by atoms with van der Waals surface area (Å²) in [6.45, 7) is 7.43. The minimum atomic E-state index is -0.0607. The van der Waals surface area contributed by atoms with Crippen molar-refractivity contribution in [3.63, 3.8) is 0 Å². The Balaban J connectivity index is 1.97. The molecule has 0 aliphatic carbocycles. The van der Waals surface area contributed by atoms with E-state index in [2.05, 4.69) is 35.7 Å². The van der Waals surface area contributed by atoms with Crippen molar-refractivity contribution in [2.75, 3.05) is 32.7 Å². The number of aryl methyl sites for hydroxylation is 1. The van der Waals surface area contributed by atoms with Crippen molar-refractivity contribution in [3.05, 3.63) is 26.3 Å². The summed E-state index contributed by atoms with van der Waals surface area (Å²) in [4.78, 5) is 24.3. The summed E-state index contributed by atoms with van der Waals surface area (Å²) in [6, 6.07) is 0.249. The van der Waals surface area contributed by atoms with Gasteiger partial charge < -0.3 is 4.98 Å². The van der Waals surface area contributed by atoms with Gasteiger partial charge in [-0.1, -0.05) is 6.92 Å². The monoisotopic (exact) mass is 312 g/mol. The van der Waals surface area contributed by atoms with Gasteiger partial charge in [0.15, 0.2) is 0 Å². The van der Waals surface area contributed by atoms with Gasteiger partial charge >= 0.3 is 0 Å². The summed E-state index contributed by atoms with van der Waals surface area (Å²) in [7, 11) is 0. The second-order valence-electron chi connectivity index (χ2n) is 4.92. The molecule has 18 heavy (non-hydrogen) atoms. The summed E-state index contributed by atoms with van der Waals surface area (Å²) in [6.07, 6.45) is 0.772. The van der Waals surface area contributed by atoms with Gasteiger partial charge in [-0.25, -0.2) is 4.98 Å². The molecule has 0 spiro atoms. The van der Waals surface area contributed by atoms with Gasteiger partial charge in [-0.05, 0) is 22.4 Å². The van der Waals surface area contributed by atoms with Crippen LogP contribution in [0.1, 0.15) is 24.5 Å². The molecule has 1 aromatic rings. The third kappa shape index (κ3) is 2.02. The van der Waals surface area contributed by atoms with Gasteiger partial charge in [-0.3, -0.25) is 14.6 Å². The molecule has 3 aliphatic heterocycles. The van der Waals surface area contributed by atoms with Crippen molar-refractivity contribution in [3.8, 4) is 0 Å². The van der Waals surface area contributed by atoms with Crippen LogP contribution in [0.4, 0.5) is 0 Å². The number of piperazine rings is 3. The molecular formula is C12H17BrN4O. The van der Waals surface area contributed by atoms with E-state index in [0.29, 0.717) is 4.47 Å². The second kappa shape index (κ2) is 4.75. The van der Waals surface area contributed by atoms with Crippen molar-refractivity contribution in [1.29, 1.82) is 0 Å². The standard InChI is InChI=1S/C12H17BrN4O/c1-2-8-10(13)12(18)15-11(14-8)9-7-16-3-5-17(9)6-4-16/h9H,2-7H2,1H3,(H,14,15,18). The Kier molecular flexibility index (Phi) is 3.25. The topological polar surface area (TPSA) is 52.2 Å². The van der Waals surface area contributed by atoms with Crippen molar-refractivity contribution >= 4 is 15.9 Å². The van der Waals surface area contributed by atoms with Gasteiger partial charge in [0.25, 0.3) is 5.56 Å². The van der Waals surface area contributed by atoms with Crippen LogP contribution in [0.5, 0.6) is 0 Å². The molecular weight excluding hydrogens is 296 g/mol. The molecule has 4 heterocycles. The van der Waals surface area contributed by atoms with Gasteiger partial charge in [-0.15, -0.1) is 0 Å². The van der Waals surface area contributed by atoms with Crippen molar-refractivity contribution < 1.29 is 0 Å². The van der Waals surface area contributed by atoms with E-state index < -0.39 is 0 Å². The third-order valence-corrected chi connectivity index (χ3v) is 4.70. The Morgan fingerprint density at radius 1 is 1.39 bits per heavy atom. The van der Waals surface area contributed by atoms with Gasteiger partial charge in [0.05, 0.1) is 11.7 Å². The maximum absolute atomic E-state index is 11.9. The highest BCUT2D eigenvalue weighted by molar-refractivity contribution is 9.10. The Labute approximate surface area is 114 Å². The Hall–Kier alpha value is -0.720. The smallest absolute Gasteiger partial charge is 0.265 e. The van der Waals surface area contributed by atoms with Crippen LogP contribution < -0.4 is 5.56 Å². The molecule has 4 rings (SSSR count).